The highest BCUT2D eigenvalue weighted by molar-refractivity contribution is 5.86. The number of fused-ring (bicyclic) bond motifs is 2. The zero-order valence-electron chi connectivity index (χ0n) is 17.6. The second-order valence-electron chi connectivity index (χ2n) is 8.09. The Morgan fingerprint density at radius 3 is 2.91 bits per heavy atom. The van der Waals surface area contributed by atoms with Crippen LogP contribution in [0.2, 0.25) is 0 Å². The number of aliphatic hydroxyl groups is 1. The number of hydrogen-bond acceptors (Lipinski definition) is 7. The lowest BCUT2D eigenvalue weighted by molar-refractivity contribution is 0.141. The van der Waals surface area contributed by atoms with Gasteiger partial charge in [-0.3, -0.25) is 4.99 Å². The van der Waals surface area contributed by atoms with Crippen LogP contribution in [0.25, 0.3) is 16.9 Å². The molecule has 8 heteroatoms. The van der Waals surface area contributed by atoms with E-state index >= 15 is 0 Å². The molecule has 4 heterocycles. The number of rotatable bonds is 5. The molecule has 2 aliphatic heterocycles. The molecule has 0 unspecified atom stereocenters. The lowest BCUT2D eigenvalue weighted by Gasteiger charge is -2.38. The third-order valence-electron chi connectivity index (χ3n) is 5.95. The first-order valence-corrected chi connectivity index (χ1v) is 10.5. The fourth-order valence-electron chi connectivity index (χ4n) is 4.23. The first-order valence-electron chi connectivity index (χ1n) is 10.5. The molecule has 32 heavy (non-hydrogen) atoms. The highest BCUT2D eigenvalue weighted by Gasteiger charge is 2.27. The number of nitrogens with one attached hydrogen (secondary N) is 1. The maximum Gasteiger partial charge on any atom is 0.180 e. The smallest absolute Gasteiger partial charge is 0.180 e. The van der Waals surface area contributed by atoms with Crippen LogP contribution in [0, 0.1) is 0 Å². The summed E-state index contributed by atoms with van der Waals surface area (Å²) in [6, 6.07) is 12.2. The highest BCUT2D eigenvalue weighted by Crippen LogP contribution is 2.35. The number of aromatic nitrogens is 3. The molecule has 4 aromatic rings. The summed E-state index contributed by atoms with van der Waals surface area (Å²) in [6.07, 6.45) is 7.31. The summed E-state index contributed by atoms with van der Waals surface area (Å²) in [6.45, 7) is 1.95. The van der Waals surface area contributed by atoms with Crippen molar-refractivity contribution in [2.24, 2.45) is 4.99 Å². The van der Waals surface area contributed by atoms with Crippen LogP contribution in [0.4, 0.5) is 17.2 Å². The van der Waals surface area contributed by atoms with Gasteiger partial charge in [0.05, 0.1) is 31.1 Å². The average molecular weight is 426 g/mol. The van der Waals surface area contributed by atoms with Gasteiger partial charge in [0.15, 0.2) is 11.5 Å². The molecule has 2 N–H and O–H groups in total. The molecule has 1 saturated heterocycles. The predicted octanol–water partition coefficient (Wildman–Crippen LogP) is 3.26. The Balaban J connectivity index is 1.36. The maximum atomic E-state index is 9.63. The third-order valence-corrected chi connectivity index (χ3v) is 5.95. The fourth-order valence-corrected chi connectivity index (χ4v) is 4.23. The molecule has 0 bridgehead atoms. The first-order chi connectivity index (χ1) is 15.7. The van der Waals surface area contributed by atoms with Gasteiger partial charge in [0.2, 0.25) is 0 Å². The van der Waals surface area contributed by atoms with Gasteiger partial charge >= 0.3 is 0 Å². The number of ether oxygens (including phenoxy) is 1. The second-order valence-corrected chi connectivity index (χ2v) is 8.09. The Morgan fingerprint density at radius 1 is 1.16 bits per heavy atom. The van der Waals surface area contributed by atoms with Crippen molar-refractivity contribution in [3.63, 3.8) is 0 Å². The molecule has 2 aromatic carbocycles. The zero-order chi connectivity index (χ0) is 21.7. The molecule has 0 radical (unpaired) electrons. The SMILES string of the molecule is COc1cc(Nc2nc(-c3ccc4c(c3)CN=C4)cn3ccnc23)ccc1N1CC(O)C1. The number of imidazole rings is 1. The van der Waals surface area contributed by atoms with E-state index in [1.807, 2.05) is 41.2 Å². The minimum Gasteiger partial charge on any atom is -0.495 e. The summed E-state index contributed by atoms with van der Waals surface area (Å²) in [5.74, 6) is 1.41. The van der Waals surface area contributed by atoms with Crippen molar-refractivity contribution in [2.45, 2.75) is 12.6 Å². The van der Waals surface area contributed by atoms with Crippen molar-refractivity contribution < 1.29 is 9.84 Å². The van der Waals surface area contributed by atoms with Gasteiger partial charge in [-0.05, 0) is 29.3 Å². The summed E-state index contributed by atoms with van der Waals surface area (Å²) in [7, 11) is 1.65. The Morgan fingerprint density at radius 2 is 2.06 bits per heavy atom. The van der Waals surface area contributed by atoms with Crippen molar-refractivity contribution in [2.75, 3.05) is 30.4 Å². The van der Waals surface area contributed by atoms with Gasteiger partial charge in [-0.2, -0.15) is 0 Å². The van der Waals surface area contributed by atoms with E-state index in [0.717, 1.165) is 39.6 Å². The Kier molecular flexibility index (Phi) is 4.32. The number of nitrogens with zero attached hydrogens (tertiary/aromatic N) is 5. The van der Waals surface area contributed by atoms with Crippen LogP contribution < -0.4 is 15.0 Å². The van der Waals surface area contributed by atoms with Gasteiger partial charge in [0.25, 0.3) is 0 Å². The van der Waals surface area contributed by atoms with E-state index in [4.69, 9.17) is 9.72 Å². The quantitative estimate of drug-likeness (QED) is 0.509. The van der Waals surface area contributed by atoms with Gasteiger partial charge in [-0.25, -0.2) is 9.97 Å². The van der Waals surface area contributed by atoms with Gasteiger partial charge < -0.3 is 24.5 Å². The topological polar surface area (TPSA) is 87.3 Å². The number of methoxy groups -OCH3 is 1. The summed E-state index contributed by atoms with van der Waals surface area (Å²) in [4.78, 5) is 15.8. The van der Waals surface area contributed by atoms with Crippen LogP contribution in [0.15, 0.2) is 60.0 Å². The minimum absolute atomic E-state index is 0.274. The number of aliphatic imine (C=N–C) groups is 1. The molecule has 6 rings (SSSR count). The van der Waals surface area contributed by atoms with Crippen molar-refractivity contribution in [1.29, 1.82) is 0 Å². The van der Waals surface area contributed by atoms with Gasteiger partial charge in [0, 0.05) is 55.2 Å². The van der Waals surface area contributed by atoms with E-state index < -0.39 is 0 Å². The highest BCUT2D eigenvalue weighted by atomic mass is 16.5. The second kappa shape index (κ2) is 7.35. The number of anilines is 3. The average Bonchev–Trinajstić information content (AvgIpc) is 3.45. The van der Waals surface area contributed by atoms with E-state index in [0.29, 0.717) is 25.5 Å². The predicted molar refractivity (Wildman–Crippen MR) is 124 cm³/mol. The van der Waals surface area contributed by atoms with Gasteiger partial charge in [-0.1, -0.05) is 12.1 Å². The van der Waals surface area contributed by atoms with Crippen LogP contribution >= 0.6 is 0 Å². The molecule has 160 valence electrons. The monoisotopic (exact) mass is 426 g/mol. The normalized spacial score (nSPS) is 15.1. The van der Waals surface area contributed by atoms with Crippen LogP contribution in [0.3, 0.4) is 0 Å². The Hall–Kier alpha value is -3.91. The van der Waals surface area contributed by atoms with Gasteiger partial charge in [0.1, 0.15) is 5.75 Å². The van der Waals surface area contributed by atoms with E-state index in [1.165, 1.54) is 5.56 Å². The molecule has 0 spiro atoms. The largest absolute Gasteiger partial charge is 0.495 e. The molecule has 8 nitrogen and oxygen atoms in total. The molecule has 0 amide bonds. The minimum atomic E-state index is -0.274. The number of hydrogen-bond donors (Lipinski definition) is 2. The number of β-amino-alcohol motifs (C(OH)–C–C–N with tert-alkyl or cyclic N) is 1. The number of aliphatic hydroxyl groups excluding tert-OH is 1. The standard InChI is InChI=1S/C24H22N6O2/c1-32-22-9-18(4-5-21(22)30-12-19(31)13-30)27-23-24-26-6-7-29(24)14-20(28-23)15-2-3-16-10-25-11-17(16)8-15/h2-10,14,19,31H,11-13H2,1H3,(H,27,28). The molecular formula is C24H22N6O2. The lowest BCUT2D eigenvalue weighted by Crippen LogP contribution is -2.50. The summed E-state index contributed by atoms with van der Waals surface area (Å²) in [5, 5.41) is 13.0. The molecule has 0 atom stereocenters. The summed E-state index contributed by atoms with van der Waals surface area (Å²) in [5.41, 5.74) is 6.83. The van der Waals surface area contributed by atoms with E-state index in [-0.39, 0.29) is 6.10 Å². The molecular weight excluding hydrogens is 404 g/mol. The van der Waals surface area contributed by atoms with E-state index in [2.05, 4.69) is 38.4 Å². The van der Waals surface area contributed by atoms with E-state index in [9.17, 15) is 5.11 Å². The van der Waals surface area contributed by atoms with Crippen molar-refractivity contribution in [3.8, 4) is 17.0 Å². The maximum absolute atomic E-state index is 9.63. The Labute approximate surface area is 184 Å². The van der Waals surface area contributed by atoms with Crippen molar-refractivity contribution in [1.82, 2.24) is 14.4 Å². The van der Waals surface area contributed by atoms with E-state index in [1.54, 1.807) is 13.3 Å². The zero-order valence-corrected chi connectivity index (χ0v) is 17.6. The van der Waals surface area contributed by atoms with Crippen molar-refractivity contribution >= 4 is 29.1 Å². The fraction of sp³-hybridized carbons (Fsp3) is 0.208. The van der Waals surface area contributed by atoms with Crippen LogP contribution in [-0.4, -0.2) is 52.0 Å². The first kappa shape index (κ1) is 18.8. The lowest BCUT2D eigenvalue weighted by atomic mass is 10.0. The van der Waals surface area contributed by atoms with Crippen LogP contribution in [-0.2, 0) is 6.54 Å². The molecule has 1 fully saturated rings. The summed E-state index contributed by atoms with van der Waals surface area (Å²) < 4.78 is 7.58. The van der Waals surface area contributed by atoms with Crippen LogP contribution in [0.5, 0.6) is 5.75 Å². The molecule has 2 aliphatic rings. The molecule has 2 aromatic heterocycles. The summed E-state index contributed by atoms with van der Waals surface area (Å²) >= 11 is 0. The number of benzene rings is 2. The molecule has 0 aliphatic carbocycles. The third kappa shape index (κ3) is 3.16. The van der Waals surface area contributed by atoms with Crippen molar-refractivity contribution in [3.05, 3.63) is 66.1 Å². The molecule has 0 saturated carbocycles. The van der Waals surface area contributed by atoms with Crippen LogP contribution in [0.1, 0.15) is 11.1 Å². The van der Waals surface area contributed by atoms with Gasteiger partial charge in [-0.15, -0.1) is 0 Å². The Bertz CT molecular complexity index is 1360.